The Bertz CT molecular complexity index is 156. The van der Waals surface area contributed by atoms with Crippen molar-refractivity contribution in [2.45, 2.75) is 0 Å². The lowest BCUT2D eigenvalue weighted by Crippen LogP contribution is -2.18. The summed E-state index contributed by atoms with van der Waals surface area (Å²) in [5, 5.41) is 2.00. The molecule has 0 rings (SSSR count). The van der Waals surface area contributed by atoms with Crippen LogP contribution in [0.2, 0.25) is 0 Å². The molecular formula is C5H7FN2O2. The lowest BCUT2D eigenvalue weighted by molar-refractivity contribution is -0.121. The van der Waals surface area contributed by atoms with Crippen LogP contribution in [0.5, 0.6) is 0 Å². The highest BCUT2D eigenvalue weighted by Gasteiger charge is 1.90. The Morgan fingerprint density at radius 2 is 2.30 bits per heavy atom. The maximum Gasteiger partial charge on any atom is 0.251 e. The average molecular weight is 146 g/mol. The van der Waals surface area contributed by atoms with Crippen molar-refractivity contribution in [1.82, 2.24) is 10.4 Å². The third kappa shape index (κ3) is 4.76. The predicted molar refractivity (Wildman–Crippen MR) is 32.2 cm³/mol. The number of nitrogens with one attached hydrogen (secondary N) is 1. The van der Waals surface area contributed by atoms with Crippen molar-refractivity contribution in [1.29, 1.82) is 0 Å². The minimum absolute atomic E-state index is 0.199. The molecule has 0 unspecified atom stereocenters. The van der Waals surface area contributed by atoms with Gasteiger partial charge in [-0.25, -0.2) is 5.12 Å². The molecule has 0 aliphatic rings. The lowest BCUT2D eigenvalue weighted by Gasteiger charge is -1.95. The van der Waals surface area contributed by atoms with E-state index in [1.165, 1.54) is 0 Å². The number of hydrogen-bond acceptors (Lipinski definition) is 3. The van der Waals surface area contributed by atoms with Crippen LogP contribution in [-0.4, -0.2) is 24.5 Å². The molecule has 0 aliphatic heterocycles. The fourth-order valence-electron chi connectivity index (χ4n) is 0.277. The minimum Gasteiger partial charge on any atom is -0.295 e. The van der Waals surface area contributed by atoms with E-state index in [0.29, 0.717) is 0 Å². The first-order valence-electron chi connectivity index (χ1n) is 2.47. The number of nitrogens with zero attached hydrogens (tertiary/aromatic N) is 1. The molecule has 0 saturated carbocycles. The SMILES string of the molecule is CN(F)/C=C\C(=O)NC=O. The van der Waals surface area contributed by atoms with Gasteiger partial charge in [0.25, 0.3) is 5.91 Å². The minimum atomic E-state index is -0.653. The number of halogens is 1. The molecule has 0 spiro atoms. The second kappa shape index (κ2) is 4.49. The van der Waals surface area contributed by atoms with E-state index in [4.69, 9.17) is 0 Å². The summed E-state index contributed by atoms with van der Waals surface area (Å²) < 4.78 is 11.8. The molecule has 56 valence electrons. The summed E-state index contributed by atoms with van der Waals surface area (Å²) >= 11 is 0. The van der Waals surface area contributed by atoms with Gasteiger partial charge >= 0.3 is 0 Å². The van der Waals surface area contributed by atoms with Crippen LogP contribution in [0.4, 0.5) is 4.48 Å². The molecule has 1 N–H and O–H groups in total. The molecule has 0 aromatic heterocycles. The summed E-state index contributed by atoms with van der Waals surface area (Å²) in [4.78, 5) is 19.9. The summed E-state index contributed by atoms with van der Waals surface area (Å²) in [6.45, 7) is 0. The number of carbonyl (C=O) groups excluding carboxylic acids is 2. The van der Waals surface area contributed by atoms with Gasteiger partial charge in [0.2, 0.25) is 6.41 Å². The molecular weight excluding hydrogens is 139 g/mol. The predicted octanol–water partition coefficient (Wildman–Crippen LogP) is -0.411. The molecule has 0 fully saturated rings. The summed E-state index contributed by atoms with van der Waals surface area (Å²) in [5.74, 6) is -0.653. The summed E-state index contributed by atoms with van der Waals surface area (Å²) in [7, 11) is 1.12. The van der Waals surface area contributed by atoms with E-state index in [-0.39, 0.29) is 11.5 Å². The molecule has 0 aliphatic carbocycles. The molecule has 10 heavy (non-hydrogen) atoms. The zero-order valence-electron chi connectivity index (χ0n) is 5.37. The Morgan fingerprint density at radius 1 is 1.70 bits per heavy atom. The van der Waals surface area contributed by atoms with Gasteiger partial charge in [-0.05, 0) is 0 Å². The molecule has 0 atom stereocenters. The Hall–Kier alpha value is -1.39. The van der Waals surface area contributed by atoms with Crippen molar-refractivity contribution in [3.63, 3.8) is 0 Å². The quantitative estimate of drug-likeness (QED) is 0.334. The van der Waals surface area contributed by atoms with Gasteiger partial charge in [-0.1, -0.05) is 0 Å². The van der Waals surface area contributed by atoms with Crippen LogP contribution in [-0.2, 0) is 9.59 Å². The second-order valence-corrected chi connectivity index (χ2v) is 1.47. The highest BCUT2D eigenvalue weighted by Crippen LogP contribution is 1.81. The number of imide groups is 1. The first-order chi connectivity index (χ1) is 4.66. The van der Waals surface area contributed by atoms with Gasteiger partial charge in [-0.15, -0.1) is 4.48 Å². The largest absolute Gasteiger partial charge is 0.295 e. The van der Waals surface area contributed by atoms with Crippen molar-refractivity contribution in [2.75, 3.05) is 7.05 Å². The van der Waals surface area contributed by atoms with Crippen molar-refractivity contribution in [3.05, 3.63) is 12.3 Å². The maximum atomic E-state index is 11.8. The smallest absolute Gasteiger partial charge is 0.251 e. The second-order valence-electron chi connectivity index (χ2n) is 1.47. The third-order valence-corrected chi connectivity index (χ3v) is 0.633. The summed E-state index contributed by atoms with van der Waals surface area (Å²) in [6.07, 6.45) is 2.01. The van der Waals surface area contributed by atoms with Crippen molar-refractivity contribution >= 4 is 12.3 Å². The number of amides is 2. The van der Waals surface area contributed by atoms with Gasteiger partial charge in [-0.2, -0.15) is 0 Å². The molecule has 0 saturated heterocycles. The maximum absolute atomic E-state index is 11.8. The molecule has 0 aromatic rings. The van der Waals surface area contributed by atoms with Crippen molar-refractivity contribution in [3.8, 4) is 0 Å². The molecule has 4 nitrogen and oxygen atoms in total. The van der Waals surface area contributed by atoms with E-state index < -0.39 is 5.91 Å². The van der Waals surface area contributed by atoms with Crippen LogP contribution < -0.4 is 5.32 Å². The Labute approximate surface area is 57.2 Å². The zero-order chi connectivity index (χ0) is 7.98. The molecule has 0 aromatic carbocycles. The van der Waals surface area contributed by atoms with E-state index >= 15 is 0 Å². The van der Waals surface area contributed by atoms with E-state index in [0.717, 1.165) is 19.3 Å². The van der Waals surface area contributed by atoms with Crippen molar-refractivity contribution in [2.24, 2.45) is 0 Å². The lowest BCUT2D eigenvalue weighted by atomic mass is 10.6. The first kappa shape index (κ1) is 8.61. The van der Waals surface area contributed by atoms with Crippen molar-refractivity contribution < 1.29 is 14.1 Å². The van der Waals surface area contributed by atoms with Crippen LogP contribution in [0.1, 0.15) is 0 Å². The topological polar surface area (TPSA) is 49.4 Å². The molecule has 0 heterocycles. The van der Waals surface area contributed by atoms with Gasteiger partial charge in [-0.3, -0.25) is 14.9 Å². The van der Waals surface area contributed by atoms with Crippen LogP contribution in [0.3, 0.4) is 0 Å². The Balaban J connectivity index is 3.66. The molecule has 5 heteroatoms. The van der Waals surface area contributed by atoms with Crippen LogP contribution in [0.25, 0.3) is 0 Å². The number of carbonyl (C=O) groups is 2. The Kier molecular flexibility index (Phi) is 3.86. The first-order valence-corrected chi connectivity index (χ1v) is 2.47. The molecule has 2 amide bonds. The third-order valence-electron chi connectivity index (χ3n) is 0.633. The molecule has 0 radical (unpaired) electrons. The number of rotatable bonds is 3. The fourth-order valence-corrected chi connectivity index (χ4v) is 0.277. The van der Waals surface area contributed by atoms with Gasteiger partial charge in [0.05, 0.1) is 0 Å². The normalized spacial score (nSPS) is 9.40. The van der Waals surface area contributed by atoms with E-state index in [2.05, 4.69) is 0 Å². The van der Waals surface area contributed by atoms with Crippen LogP contribution in [0.15, 0.2) is 12.3 Å². The van der Waals surface area contributed by atoms with E-state index in [1.54, 1.807) is 5.32 Å². The summed E-state index contributed by atoms with van der Waals surface area (Å²) in [5.41, 5.74) is 0. The highest BCUT2D eigenvalue weighted by molar-refractivity contribution is 5.94. The van der Waals surface area contributed by atoms with Crippen LogP contribution in [0, 0.1) is 0 Å². The average Bonchev–Trinajstić information content (AvgIpc) is 1.85. The van der Waals surface area contributed by atoms with E-state index in [1.807, 2.05) is 0 Å². The molecule has 0 bridgehead atoms. The highest BCUT2D eigenvalue weighted by atomic mass is 19.2. The fraction of sp³-hybridized carbons (Fsp3) is 0.200. The van der Waals surface area contributed by atoms with Crippen LogP contribution >= 0.6 is 0 Å². The standard InChI is InChI=1S/C5H7FN2O2/c1-8(6)3-2-5(10)7-4-9/h2-4H,1H3,(H,7,9,10)/b3-2-. The zero-order valence-corrected chi connectivity index (χ0v) is 5.37. The Morgan fingerprint density at radius 3 is 2.70 bits per heavy atom. The monoisotopic (exact) mass is 146 g/mol. The van der Waals surface area contributed by atoms with E-state index in [9.17, 15) is 14.1 Å². The van der Waals surface area contributed by atoms with Gasteiger partial charge in [0, 0.05) is 19.3 Å². The van der Waals surface area contributed by atoms with Gasteiger partial charge in [0.1, 0.15) is 0 Å². The van der Waals surface area contributed by atoms with Gasteiger partial charge in [0.15, 0.2) is 0 Å². The number of hydrogen-bond donors (Lipinski definition) is 1. The van der Waals surface area contributed by atoms with Gasteiger partial charge < -0.3 is 0 Å². The summed E-state index contributed by atoms with van der Waals surface area (Å²) in [6, 6.07) is 0.